The molecule has 2 rings (SSSR count). The van der Waals surface area contributed by atoms with E-state index in [4.69, 9.17) is 23.2 Å². The summed E-state index contributed by atoms with van der Waals surface area (Å²) in [6.45, 7) is 2.98. The molecule has 1 fully saturated rings. The summed E-state index contributed by atoms with van der Waals surface area (Å²) in [4.78, 5) is 25.4. The van der Waals surface area contributed by atoms with Gasteiger partial charge in [0.2, 0.25) is 11.8 Å². The van der Waals surface area contributed by atoms with Gasteiger partial charge in [0.1, 0.15) is 0 Å². The van der Waals surface area contributed by atoms with Crippen molar-refractivity contribution in [3.8, 4) is 0 Å². The number of carbonyl (C=O) groups is 2. The maximum absolute atomic E-state index is 12.1. The maximum atomic E-state index is 12.1. The normalized spacial score (nSPS) is 18.8. The summed E-state index contributed by atoms with van der Waals surface area (Å²) in [5.74, 6) is -0.518. The van der Waals surface area contributed by atoms with Crippen LogP contribution < -0.4 is 5.32 Å². The number of rotatable bonds is 3. The van der Waals surface area contributed by atoms with E-state index < -0.39 is 0 Å². The lowest BCUT2D eigenvalue weighted by Crippen LogP contribution is -2.28. The first-order valence-electron chi connectivity index (χ1n) is 6.05. The summed E-state index contributed by atoms with van der Waals surface area (Å²) in [6.07, 6.45) is 0.248. The largest absolute Gasteiger partial charge is 0.342 e. The molecule has 1 aromatic rings. The zero-order valence-electron chi connectivity index (χ0n) is 10.5. The second-order valence-corrected chi connectivity index (χ2v) is 5.29. The van der Waals surface area contributed by atoms with Crippen LogP contribution in [0, 0.1) is 5.92 Å². The van der Waals surface area contributed by atoms with Crippen molar-refractivity contribution in [1.29, 1.82) is 0 Å². The SMILES string of the molecule is CCN1CC(C(=O)Nc2cc(Cl)ccc2Cl)CC1=O. The van der Waals surface area contributed by atoms with Crippen LogP contribution in [-0.4, -0.2) is 29.8 Å². The first kappa shape index (κ1) is 14.2. The zero-order valence-corrected chi connectivity index (χ0v) is 12.0. The Morgan fingerprint density at radius 1 is 1.47 bits per heavy atom. The molecule has 1 aliphatic heterocycles. The summed E-state index contributed by atoms with van der Waals surface area (Å²) in [6, 6.07) is 4.87. The molecule has 1 N–H and O–H groups in total. The molecule has 0 bridgehead atoms. The molecule has 4 nitrogen and oxygen atoms in total. The van der Waals surface area contributed by atoms with Crippen LogP contribution in [0.4, 0.5) is 5.69 Å². The highest BCUT2D eigenvalue weighted by Gasteiger charge is 2.33. The summed E-state index contributed by atoms with van der Waals surface area (Å²) < 4.78 is 0. The molecule has 1 aliphatic rings. The molecule has 1 atom stereocenters. The minimum absolute atomic E-state index is 0.0137. The highest BCUT2D eigenvalue weighted by molar-refractivity contribution is 6.35. The van der Waals surface area contributed by atoms with Crippen molar-refractivity contribution in [2.24, 2.45) is 5.92 Å². The third-order valence-corrected chi connectivity index (χ3v) is 3.72. The molecule has 0 radical (unpaired) electrons. The molecule has 0 aliphatic carbocycles. The van der Waals surface area contributed by atoms with Crippen LogP contribution in [0.2, 0.25) is 10.0 Å². The van der Waals surface area contributed by atoms with Gasteiger partial charge in [-0.1, -0.05) is 23.2 Å². The van der Waals surface area contributed by atoms with Gasteiger partial charge in [-0.05, 0) is 25.1 Å². The molecule has 0 spiro atoms. The van der Waals surface area contributed by atoms with Gasteiger partial charge < -0.3 is 10.2 Å². The van der Waals surface area contributed by atoms with Gasteiger partial charge in [-0.2, -0.15) is 0 Å². The fraction of sp³-hybridized carbons (Fsp3) is 0.385. The van der Waals surface area contributed by atoms with E-state index >= 15 is 0 Å². The Morgan fingerprint density at radius 3 is 2.84 bits per heavy atom. The van der Waals surface area contributed by atoms with Gasteiger partial charge in [-0.15, -0.1) is 0 Å². The lowest BCUT2D eigenvalue weighted by atomic mass is 10.1. The number of halogens is 2. The number of hydrogen-bond donors (Lipinski definition) is 1. The quantitative estimate of drug-likeness (QED) is 0.933. The molecule has 0 aromatic heterocycles. The Labute approximate surface area is 121 Å². The minimum Gasteiger partial charge on any atom is -0.342 e. The summed E-state index contributed by atoms with van der Waals surface area (Å²) in [5, 5.41) is 3.65. The first-order chi connectivity index (χ1) is 9.01. The fourth-order valence-corrected chi connectivity index (χ4v) is 2.42. The predicted molar refractivity (Wildman–Crippen MR) is 75.5 cm³/mol. The summed E-state index contributed by atoms with van der Waals surface area (Å²) in [5.41, 5.74) is 0.474. The van der Waals surface area contributed by atoms with Crippen molar-refractivity contribution in [3.63, 3.8) is 0 Å². The van der Waals surface area contributed by atoms with Crippen molar-refractivity contribution in [1.82, 2.24) is 4.90 Å². The number of nitrogens with one attached hydrogen (secondary N) is 1. The van der Waals surface area contributed by atoms with Gasteiger partial charge in [-0.25, -0.2) is 0 Å². The Bertz CT molecular complexity index is 519. The predicted octanol–water partition coefficient (Wildman–Crippen LogP) is 2.80. The van der Waals surface area contributed by atoms with Crippen molar-refractivity contribution < 1.29 is 9.59 Å². The van der Waals surface area contributed by atoms with Gasteiger partial charge in [0, 0.05) is 24.5 Å². The standard InChI is InChI=1S/C13H14Cl2N2O2/c1-2-17-7-8(5-12(17)18)13(19)16-11-6-9(14)3-4-10(11)15/h3-4,6,8H,2,5,7H2,1H3,(H,16,19). The minimum atomic E-state index is -0.331. The third kappa shape index (κ3) is 3.19. The van der Waals surface area contributed by atoms with Crippen LogP contribution in [0.1, 0.15) is 13.3 Å². The number of carbonyl (C=O) groups excluding carboxylic acids is 2. The third-order valence-electron chi connectivity index (χ3n) is 3.15. The molecular weight excluding hydrogens is 287 g/mol. The number of likely N-dealkylation sites (tertiary alicyclic amines) is 1. The second kappa shape index (κ2) is 5.80. The van der Waals surface area contributed by atoms with E-state index in [2.05, 4.69) is 5.32 Å². The molecule has 6 heteroatoms. The topological polar surface area (TPSA) is 49.4 Å². The van der Waals surface area contributed by atoms with Crippen LogP contribution in [0.5, 0.6) is 0 Å². The van der Waals surface area contributed by atoms with Crippen molar-refractivity contribution in [2.75, 3.05) is 18.4 Å². The monoisotopic (exact) mass is 300 g/mol. The Kier molecular flexibility index (Phi) is 4.32. The van der Waals surface area contributed by atoms with E-state index in [1.165, 1.54) is 0 Å². The molecule has 0 saturated carbocycles. The van der Waals surface area contributed by atoms with E-state index in [1.54, 1.807) is 23.1 Å². The maximum Gasteiger partial charge on any atom is 0.229 e. The molecule has 1 aromatic carbocycles. The van der Waals surface area contributed by atoms with E-state index in [9.17, 15) is 9.59 Å². The Hall–Kier alpha value is -1.26. The van der Waals surface area contributed by atoms with Crippen LogP contribution in [0.3, 0.4) is 0 Å². The van der Waals surface area contributed by atoms with Gasteiger partial charge in [0.25, 0.3) is 0 Å². The van der Waals surface area contributed by atoms with Gasteiger partial charge >= 0.3 is 0 Å². The first-order valence-corrected chi connectivity index (χ1v) is 6.80. The molecule has 19 heavy (non-hydrogen) atoms. The van der Waals surface area contributed by atoms with Crippen LogP contribution in [-0.2, 0) is 9.59 Å². The van der Waals surface area contributed by atoms with Crippen molar-refractivity contribution in [3.05, 3.63) is 28.2 Å². The molecule has 102 valence electrons. The molecule has 1 heterocycles. The van der Waals surface area contributed by atoms with Crippen LogP contribution in [0.25, 0.3) is 0 Å². The molecule has 2 amide bonds. The highest BCUT2D eigenvalue weighted by atomic mass is 35.5. The average Bonchev–Trinajstić information content (AvgIpc) is 2.75. The van der Waals surface area contributed by atoms with E-state index in [1.807, 2.05) is 6.92 Å². The summed E-state index contributed by atoms with van der Waals surface area (Å²) >= 11 is 11.8. The molecule has 1 unspecified atom stereocenters. The average molecular weight is 301 g/mol. The van der Waals surface area contributed by atoms with Crippen LogP contribution >= 0.6 is 23.2 Å². The van der Waals surface area contributed by atoms with E-state index in [0.29, 0.717) is 28.8 Å². The van der Waals surface area contributed by atoms with Gasteiger partial charge in [-0.3, -0.25) is 9.59 Å². The lowest BCUT2D eigenvalue weighted by molar-refractivity contribution is -0.128. The lowest BCUT2D eigenvalue weighted by Gasteiger charge is -2.14. The van der Waals surface area contributed by atoms with Gasteiger partial charge in [0.15, 0.2) is 0 Å². The molecular formula is C13H14Cl2N2O2. The number of anilines is 1. The number of benzene rings is 1. The van der Waals surface area contributed by atoms with E-state index in [0.717, 1.165) is 0 Å². The second-order valence-electron chi connectivity index (χ2n) is 4.45. The number of hydrogen-bond acceptors (Lipinski definition) is 2. The van der Waals surface area contributed by atoms with Crippen LogP contribution in [0.15, 0.2) is 18.2 Å². The van der Waals surface area contributed by atoms with E-state index in [-0.39, 0.29) is 24.2 Å². The Balaban J connectivity index is 2.06. The van der Waals surface area contributed by atoms with Crippen molar-refractivity contribution in [2.45, 2.75) is 13.3 Å². The fourth-order valence-electron chi connectivity index (χ4n) is 2.08. The smallest absolute Gasteiger partial charge is 0.229 e. The zero-order chi connectivity index (χ0) is 14.0. The number of amides is 2. The van der Waals surface area contributed by atoms with Gasteiger partial charge in [0.05, 0.1) is 16.6 Å². The highest BCUT2D eigenvalue weighted by Crippen LogP contribution is 2.27. The molecule has 1 saturated heterocycles. The van der Waals surface area contributed by atoms with Crippen molar-refractivity contribution >= 4 is 40.7 Å². The number of nitrogens with zero attached hydrogens (tertiary/aromatic N) is 1. The Morgan fingerprint density at radius 2 is 2.21 bits per heavy atom. The summed E-state index contributed by atoms with van der Waals surface area (Å²) in [7, 11) is 0.